The van der Waals surface area contributed by atoms with Gasteiger partial charge in [0, 0.05) is 10.6 Å². The predicted octanol–water partition coefficient (Wildman–Crippen LogP) is 3.97. The van der Waals surface area contributed by atoms with Crippen LogP contribution in [0.2, 0.25) is 5.02 Å². The summed E-state index contributed by atoms with van der Waals surface area (Å²) in [6.45, 7) is 0.807. The van der Waals surface area contributed by atoms with Gasteiger partial charge in [-0.3, -0.25) is 0 Å². The van der Waals surface area contributed by atoms with Gasteiger partial charge in [0.2, 0.25) is 0 Å². The van der Waals surface area contributed by atoms with Gasteiger partial charge in [-0.2, -0.15) is 0 Å². The van der Waals surface area contributed by atoms with E-state index >= 15 is 0 Å². The fraction of sp³-hybridized carbons (Fsp3) is 0.294. The van der Waals surface area contributed by atoms with Crippen molar-refractivity contribution < 1.29 is 4.74 Å². The molecule has 1 heterocycles. The molecule has 2 aromatic rings. The average Bonchev–Trinajstić information content (AvgIpc) is 2.50. The van der Waals surface area contributed by atoms with Crippen LogP contribution < -0.4 is 10.1 Å². The SMILES string of the molecule is CNC(c1ccc(Cl)cc1)c1cccc2c1OCCC2. The van der Waals surface area contributed by atoms with Crippen LogP contribution in [0.1, 0.15) is 29.2 Å². The molecule has 1 atom stereocenters. The molecule has 0 saturated heterocycles. The molecule has 2 aromatic carbocycles. The Hall–Kier alpha value is -1.51. The lowest BCUT2D eigenvalue weighted by Gasteiger charge is -2.25. The molecule has 0 aromatic heterocycles. The van der Waals surface area contributed by atoms with Gasteiger partial charge in [0.15, 0.2) is 0 Å². The van der Waals surface area contributed by atoms with E-state index in [9.17, 15) is 0 Å². The molecule has 1 unspecified atom stereocenters. The number of hydrogen-bond donors (Lipinski definition) is 1. The zero-order valence-corrected chi connectivity index (χ0v) is 12.3. The van der Waals surface area contributed by atoms with Crippen LogP contribution in [-0.4, -0.2) is 13.7 Å². The summed E-state index contributed by atoms with van der Waals surface area (Å²) in [7, 11) is 1.97. The summed E-state index contributed by atoms with van der Waals surface area (Å²) in [5, 5.41) is 4.14. The zero-order valence-electron chi connectivity index (χ0n) is 11.5. The second-order valence-electron chi connectivity index (χ2n) is 5.06. The first-order chi connectivity index (χ1) is 9.79. The van der Waals surface area contributed by atoms with Crippen molar-refractivity contribution in [2.24, 2.45) is 0 Å². The number of benzene rings is 2. The maximum atomic E-state index is 5.98. The molecule has 1 aliphatic rings. The Balaban J connectivity index is 2.03. The van der Waals surface area contributed by atoms with Crippen LogP contribution in [0.5, 0.6) is 5.75 Å². The smallest absolute Gasteiger partial charge is 0.127 e. The van der Waals surface area contributed by atoms with Gasteiger partial charge in [-0.1, -0.05) is 41.9 Å². The molecule has 3 heteroatoms. The number of aryl methyl sites for hydroxylation is 1. The van der Waals surface area contributed by atoms with Crippen LogP contribution in [0.25, 0.3) is 0 Å². The van der Waals surface area contributed by atoms with Gasteiger partial charge in [-0.05, 0) is 43.1 Å². The molecule has 104 valence electrons. The van der Waals surface area contributed by atoms with Gasteiger partial charge in [0.25, 0.3) is 0 Å². The lowest BCUT2D eigenvalue weighted by atomic mass is 9.94. The van der Waals surface area contributed by atoms with E-state index in [-0.39, 0.29) is 6.04 Å². The minimum absolute atomic E-state index is 0.125. The molecule has 0 saturated carbocycles. The van der Waals surface area contributed by atoms with Crippen molar-refractivity contribution in [1.29, 1.82) is 0 Å². The predicted molar refractivity (Wildman–Crippen MR) is 82.6 cm³/mol. The molecule has 0 radical (unpaired) electrons. The molecule has 0 aliphatic carbocycles. The second kappa shape index (κ2) is 5.86. The topological polar surface area (TPSA) is 21.3 Å². The van der Waals surface area contributed by atoms with Crippen LogP contribution >= 0.6 is 11.6 Å². The van der Waals surface area contributed by atoms with E-state index in [1.165, 1.54) is 16.7 Å². The van der Waals surface area contributed by atoms with Crippen LogP contribution in [0.3, 0.4) is 0 Å². The Labute approximate surface area is 124 Å². The highest BCUT2D eigenvalue weighted by Crippen LogP contribution is 2.35. The van der Waals surface area contributed by atoms with Crippen LogP contribution in [0.4, 0.5) is 0 Å². The Kier molecular flexibility index (Phi) is 3.95. The Bertz CT molecular complexity index is 594. The first kappa shape index (κ1) is 13.5. The van der Waals surface area contributed by atoms with Crippen molar-refractivity contribution in [2.45, 2.75) is 18.9 Å². The van der Waals surface area contributed by atoms with Crippen LogP contribution in [0.15, 0.2) is 42.5 Å². The Morgan fingerprint density at radius 2 is 1.95 bits per heavy atom. The summed E-state index contributed by atoms with van der Waals surface area (Å²) in [6, 6.07) is 14.5. The summed E-state index contributed by atoms with van der Waals surface area (Å²) in [5.74, 6) is 1.05. The van der Waals surface area contributed by atoms with Crippen molar-refractivity contribution in [3.8, 4) is 5.75 Å². The quantitative estimate of drug-likeness (QED) is 0.922. The van der Waals surface area contributed by atoms with Gasteiger partial charge in [0.05, 0.1) is 12.6 Å². The molecule has 1 aliphatic heterocycles. The maximum absolute atomic E-state index is 5.98. The molecule has 0 bridgehead atoms. The van der Waals surface area contributed by atoms with E-state index in [0.717, 1.165) is 30.2 Å². The number of halogens is 1. The third-order valence-corrected chi connectivity index (χ3v) is 4.02. The average molecular weight is 288 g/mol. The highest BCUT2D eigenvalue weighted by molar-refractivity contribution is 6.30. The number of ether oxygens (including phenoxy) is 1. The van der Waals surface area contributed by atoms with E-state index in [2.05, 4.69) is 35.6 Å². The number of para-hydroxylation sites is 1. The number of hydrogen-bond acceptors (Lipinski definition) is 2. The normalized spacial score (nSPS) is 15.3. The van der Waals surface area contributed by atoms with Crippen LogP contribution in [-0.2, 0) is 6.42 Å². The van der Waals surface area contributed by atoms with Crippen molar-refractivity contribution in [2.75, 3.05) is 13.7 Å². The van der Waals surface area contributed by atoms with Crippen LogP contribution in [0, 0.1) is 0 Å². The number of nitrogens with one attached hydrogen (secondary N) is 1. The number of fused-ring (bicyclic) bond motifs is 1. The maximum Gasteiger partial charge on any atom is 0.127 e. The monoisotopic (exact) mass is 287 g/mol. The minimum atomic E-state index is 0.125. The Morgan fingerprint density at radius 3 is 2.70 bits per heavy atom. The largest absolute Gasteiger partial charge is 0.493 e. The fourth-order valence-corrected chi connectivity index (χ4v) is 2.92. The summed E-state index contributed by atoms with van der Waals surface area (Å²) in [6.07, 6.45) is 2.20. The lowest BCUT2D eigenvalue weighted by molar-refractivity contribution is 0.283. The van der Waals surface area contributed by atoms with Crippen molar-refractivity contribution in [3.63, 3.8) is 0 Å². The molecule has 2 nitrogen and oxygen atoms in total. The van der Waals surface area contributed by atoms with Gasteiger partial charge < -0.3 is 10.1 Å². The van der Waals surface area contributed by atoms with E-state index in [1.807, 2.05) is 19.2 Å². The molecule has 20 heavy (non-hydrogen) atoms. The van der Waals surface area contributed by atoms with Crippen molar-refractivity contribution >= 4 is 11.6 Å². The lowest BCUT2D eigenvalue weighted by Crippen LogP contribution is -2.20. The van der Waals surface area contributed by atoms with E-state index in [0.29, 0.717) is 0 Å². The first-order valence-corrected chi connectivity index (χ1v) is 7.34. The third-order valence-electron chi connectivity index (χ3n) is 3.77. The molecule has 1 N–H and O–H groups in total. The summed E-state index contributed by atoms with van der Waals surface area (Å²) < 4.78 is 5.92. The zero-order chi connectivity index (χ0) is 13.9. The summed E-state index contributed by atoms with van der Waals surface area (Å²) in [4.78, 5) is 0. The second-order valence-corrected chi connectivity index (χ2v) is 5.50. The first-order valence-electron chi connectivity index (χ1n) is 6.97. The standard InChI is InChI=1S/C17H18ClNO/c1-19-16(12-7-9-14(18)10-8-12)15-6-2-4-13-5-3-11-20-17(13)15/h2,4,6-10,16,19H,3,5,11H2,1H3. The van der Waals surface area contributed by atoms with Crippen molar-refractivity contribution in [3.05, 3.63) is 64.2 Å². The van der Waals surface area contributed by atoms with E-state index in [1.54, 1.807) is 0 Å². The highest BCUT2D eigenvalue weighted by Gasteiger charge is 2.21. The van der Waals surface area contributed by atoms with Gasteiger partial charge in [-0.25, -0.2) is 0 Å². The minimum Gasteiger partial charge on any atom is -0.493 e. The molecule has 0 amide bonds. The Morgan fingerprint density at radius 1 is 1.15 bits per heavy atom. The third kappa shape index (κ3) is 2.54. The molecular weight excluding hydrogens is 270 g/mol. The molecule has 0 spiro atoms. The fourth-order valence-electron chi connectivity index (χ4n) is 2.80. The molecule has 0 fully saturated rings. The highest BCUT2D eigenvalue weighted by atomic mass is 35.5. The van der Waals surface area contributed by atoms with Gasteiger partial charge in [-0.15, -0.1) is 0 Å². The van der Waals surface area contributed by atoms with E-state index < -0.39 is 0 Å². The summed E-state index contributed by atoms with van der Waals surface area (Å²) >= 11 is 5.98. The van der Waals surface area contributed by atoms with Crippen molar-refractivity contribution in [1.82, 2.24) is 5.32 Å². The van der Waals surface area contributed by atoms with Gasteiger partial charge in [0.1, 0.15) is 5.75 Å². The molecule has 3 rings (SSSR count). The molecular formula is C17H18ClNO. The van der Waals surface area contributed by atoms with E-state index in [4.69, 9.17) is 16.3 Å². The number of rotatable bonds is 3. The van der Waals surface area contributed by atoms with Gasteiger partial charge >= 0.3 is 0 Å². The summed E-state index contributed by atoms with van der Waals surface area (Å²) in [5.41, 5.74) is 3.70.